The number of morpholine rings is 1. The highest BCUT2D eigenvalue weighted by Crippen LogP contribution is 2.31. The molecule has 2 unspecified atom stereocenters. The Hall–Kier alpha value is -2.36. The van der Waals surface area contributed by atoms with Crippen molar-refractivity contribution in [3.63, 3.8) is 0 Å². The highest BCUT2D eigenvalue weighted by molar-refractivity contribution is 7.18. The summed E-state index contributed by atoms with van der Waals surface area (Å²) < 4.78 is 6.52. The molecule has 3 aliphatic rings. The number of para-hydroxylation sites is 1. The molecule has 1 amide bonds. The monoisotopic (exact) mass is 426 g/mol. The maximum Gasteiger partial charge on any atom is 0.244 e. The van der Waals surface area contributed by atoms with E-state index in [2.05, 4.69) is 15.5 Å². The van der Waals surface area contributed by atoms with Crippen LogP contribution in [0.15, 0.2) is 34.3 Å². The first kappa shape index (κ1) is 19.6. The number of carbonyl (C=O) groups is 1. The van der Waals surface area contributed by atoms with E-state index < -0.39 is 5.92 Å². The molecule has 0 saturated carbocycles. The fourth-order valence-electron chi connectivity index (χ4n) is 4.06. The van der Waals surface area contributed by atoms with Crippen LogP contribution in [0.2, 0.25) is 0 Å². The second kappa shape index (κ2) is 8.79. The summed E-state index contributed by atoms with van der Waals surface area (Å²) in [7, 11) is 0. The Morgan fingerprint density at radius 2 is 2.07 bits per heavy atom. The third-order valence-electron chi connectivity index (χ3n) is 5.68. The Morgan fingerprint density at radius 3 is 2.93 bits per heavy atom. The third kappa shape index (κ3) is 4.10. The number of rotatable bonds is 2. The number of hydrogen-bond donors (Lipinski definition) is 2. The number of nitrogens with zero attached hydrogens (tertiary/aromatic N) is 4. The lowest BCUT2D eigenvalue weighted by molar-refractivity contribution is -0.120. The molecule has 0 spiro atoms. The second-order valence-corrected chi connectivity index (χ2v) is 8.88. The number of hydrogen-bond acceptors (Lipinski definition) is 7. The smallest absolute Gasteiger partial charge is 0.244 e. The summed E-state index contributed by atoms with van der Waals surface area (Å²) >= 11 is 1.54. The van der Waals surface area contributed by atoms with Crippen molar-refractivity contribution in [2.45, 2.75) is 31.2 Å². The Balaban J connectivity index is 1.53. The fraction of sp³-hybridized carbons (Fsp3) is 0.524. The second-order valence-electron chi connectivity index (χ2n) is 7.82. The summed E-state index contributed by atoms with van der Waals surface area (Å²) in [5.74, 6) is 0.482. The molecule has 2 fully saturated rings. The van der Waals surface area contributed by atoms with E-state index in [0.29, 0.717) is 38.1 Å². The lowest BCUT2D eigenvalue weighted by Gasteiger charge is -2.33. The number of nitrogens with one attached hydrogen (secondary N) is 2. The van der Waals surface area contributed by atoms with Gasteiger partial charge >= 0.3 is 0 Å². The van der Waals surface area contributed by atoms with Crippen LogP contribution in [-0.4, -0.2) is 73.0 Å². The van der Waals surface area contributed by atoms with Crippen LogP contribution >= 0.6 is 11.3 Å². The average molecular weight is 427 g/mol. The van der Waals surface area contributed by atoms with Crippen molar-refractivity contribution in [1.29, 1.82) is 0 Å². The molecule has 1 aromatic heterocycles. The van der Waals surface area contributed by atoms with Crippen LogP contribution in [-0.2, 0) is 9.53 Å². The Labute approximate surface area is 179 Å². The normalized spacial score (nSPS) is 27.1. The van der Waals surface area contributed by atoms with Gasteiger partial charge in [0.05, 0.1) is 29.5 Å². The van der Waals surface area contributed by atoms with Gasteiger partial charge in [0.2, 0.25) is 11.9 Å². The molecule has 2 saturated heterocycles. The van der Waals surface area contributed by atoms with Gasteiger partial charge in [-0.05, 0) is 31.5 Å². The van der Waals surface area contributed by atoms with E-state index in [1.165, 1.54) is 0 Å². The van der Waals surface area contributed by atoms with Crippen LogP contribution in [0.5, 0.6) is 0 Å². The zero-order chi connectivity index (χ0) is 20.3. The van der Waals surface area contributed by atoms with Crippen molar-refractivity contribution in [3.05, 3.63) is 29.3 Å². The van der Waals surface area contributed by atoms with Crippen LogP contribution in [0.4, 0.5) is 0 Å². The van der Waals surface area contributed by atoms with E-state index in [9.17, 15) is 4.79 Å². The minimum atomic E-state index is -0.574. The minimum Gasteiger partial charge on any atom is -0.378 e. The standard InChI is InChI=1S/C21H26N6O2S/c28-19-17(20-24-15-6-1-2-7-16(15)30-20)18(23-14-5-3-4-8-22-13-14)25-21(26-19)27-9-11-29-12-10-27/h1-2,6-7,14,17,22H,3-5,8-13H2,(H,23,25,26,28). The molecule has 9 heteroatoms. The minimum absolute atomic E-state index is 0.106. The zero-order valence-corrected chi connectivity index (χ0v) is 17.7. The summed E-state index contributed by atoms with van der Waals surface area (Å²) in [6.07, 6.45) is 3.30. The molecule has 0 bridgehead atoms. The summed E-state index contributed by atoms with van der Waals surface area (Å²) in [6, 6.07) is 8.09. The van der Waals surface area contributed by atoms with E-state index in [4.69, 9.17) is 19.7 Å². The van der Waals surface area contributed by atoms with Gasteiger partial charge in [-0.15, -0.1) is 11.3 Å². The van der Waals surface area contributed by atoms with Gasteiger partial charge in [-0.2, -0.15) is 4.99 Å². The van der Waals surface area contributed by atoms with Gasteiger partial charge in [-0.1, -0.05) is 18.6 Å². The molecule has 8 nitrogen and oxygen atoms in total. The van der Waals surface area contributed by atoms with E-state index in [-0.39, 0.29) is 11.9 Å². The molecule has 2 aromatic rings. The molecule has 158 valence electrons. The van der Waals surface area contributed by atoms with Gasteiger partial charge in [0.25, 0.3) is 0 Å². The summed E-state index contributed by atoms with van der Waals surface area (Å²) in [5.41, 5.74) is 0.906. The molecule has 0 radical (unpaired) electrons. The first-order valence-electron chi connectivity index (χ1n) is 10.6. The highest BCUT2D eigenvalue weighted by Gasteiger charge is 2.36. The van der Waals surface area contributed by atoms with Crippen LogP contribution in [0, 0.1) is 0 Å². The Morgan fingerprint density at radius 1 is 1.20 bits per heavy atom. The van der Waals surface area contributed by atoms with Crippen LogP contribution in [0.25, 0.3) is 10.2 Å². The van der Waals surface area contributed by atoms with Gasteiger partial charge < -0.3 is 15.0 Å². The van der Waals surface area contributed by atoms with Crippen LogP contribution in [0.1, 0.15) is 30.2 Å². The van der Waals surface area contributed by atoms with Gasteiger partial charge in [-0.25, -0.2) is 4.98 Å². The Bertz CT molecular complexity index is 940. The molecule has 4 heterocycles. The molecule has 3 aliphatic heterocycles. The van der Waals surface area contributed by atoms with Gasteiger partial charge in [0.1, 0.15) is 16.8 Å². The number of aliphatic imine (C=N–C) groups is 2. The third-order valence-corrected chi connectivity index (χ3v) is 6.78. The van der Waals surface area contributed by atoms with Crippen LogP contribution in [0.3, 0.4) is 0 Å². The zero-order valence-electron chi connectivity index (χ0n) is 16.8. The first-order chi connectivity index (χ1) is 14.8. The van der Waals surface area contributed by atoms with Gasteiger partial charge in [0, 0.05) is 19.6 Å². The average Bonchev–Trinajstić information content (AvgIpc) is 3.02. The quantitative estimate of drug-likeness (QED) is 0.763. The molecule has 2 N–H and O–H groups in total. The van der Waals surface area contributed by atoms with Crippen molar-refractivity contribution >= 4 is 39.3 Å². The highest BCUT2D eigenvalue weighted by atomic mass is 32.1. The maximum atomic E-state index is 13.3. The number of benzene rings is 1. The molecular weight excluding hydrogens is 400 g/mol. The van der Waals surface area contributed by atoms with Crippen molar-refractivity contribution in [2.24, 2.45) is 9.98 Å². The molecule has 1 aromatic carbocycles. The molecule has 2 atom stereocenters. The summed E-state index contributed by atoms with van der Waals surface area (Å²) in [6.45, 7) is 4.53. The number of guanidine groups is 1. The SMILES string of the molecule is O=C1NC(N2CCOCC2)=NC(=NC2CCCCNC2)C1c1nc2ccccc2s1. The number of aromatic nitrogens is 1. The van der Waals surface area contributed by atoms with Gasteiger partial charge in [0.15, 0.2) is 0 Å². The number of fused-ring (bicyclic) bond motifs is 1. The van der Waals surface area contributed by atoms with E-state index in [1.54, 1.807) is 11.3 Å². The van der Waals surface area contributed by atoms with E-state index in [1.807, 2.05) is 24.3 Å². The largest absolute Gasteiger partial charge is 0.378 e. The van der Waals surface area contributed by atoms with Gasteiger partial charge in [-0.3, -0.25) is 15.1 Å². The molecule has 0 aliphatic carbocycles. The maximum absolute atomic E-state index is 13.3. The lowest BCUT2D eigenvalue weighted by atomic mass is 10.1. The Kier molecular flexibility index (Phi) is 5.74. The molecule has 5 rings (SSSR count). The predicted octanol–water partition coefficient (Wildman–Crippen LogP) is 1.74. The predicted molar refractivity (Wildman–Crippen MR) is 118 cm³/mol. The number of thiazole rings is 1. The van der Waals surface area contributed by atoms with Crippen molar-refractivity contribution in [1.82, 2.24) is 20.5 Å². The number of carbonyl (C=O) groups excluding carboxylic acids is 1. The van der Waals surface area contributed by atoms with Crippen molar-refractivity contribution < 1.29 is 9.53 Å². The lowest BCUT2D eigenvalue weighted by Crippen LogP contribution is -2.53. The fourth-order valence-corrected chi connectivity index (χ4v) is 5.13. The number of amidine groups is 1. The number of ether oxygens (including phenoxy) is 1. The van der Waals surface area contributed by atoms with Crippen molar-refractivity contribution in [2.75, 3.05) is 39.4 Å². The summed E-state index contributed by atoms with van der Waals surface area (Å²) in [5, 5.41) is 7.21. The van der Waals surface area contributed by atoms with E-state index >= 15 is 0 Å². The first-order valence-corrected chi connectivity index (χ1v) is 11.5. The van der Waals surface area contributed by atoms with Crippen molar-refractivity contribution in [3.8, 4) is 0 Å². The number of amides is 1. The summed E-state index contributed by atoms with van der Waals surface area (Å²) in [4.78, 5) is 29.9. The van der Waals surface area contributed by atoms with Crippen LogP contribution < -0.4 is 10.6 Å². The van der Waals surface area contributed by atoms with E-state index in [0.717, 1.165) is 47.6 Å². The topological polar surface area (TPSA) is 91.2 Å². The molecular formula is C21H26N6O2S. The molecule has 30 heavy (non-hydrogen) atoms.